The largest absolute Gasteiger partial charge is 0.486 e. The Morgan fingerprint density at radius 1 is 1.04 bits per heavy atom. The number of carbonyl (C=O) groups is 2. The Morgan fingerprint density at radius 2 is 1.82 bits per heavy atom. The molecule has 4 rings (SSSR count). The van der Waals surface area contributed by atoms with Gasteiger partial charge in [-0.1, -0.05) is 11.6 Å². The van der Waals surface area contributed by atoms with Crippen molar-refractivity contribution in [2.24, 2.45) is 0 Å². The predicted molar refractivity (Wildman–Crippen MR) is 98.5 cm³/mol. The van der Waals surface area contributed by atoms with Gasteiger partial charge in [0.05, 0.1) is 10.6 Å². The first-order chi connectivity index (χ1) is 13.5. The van der Waals surface area contributed by atoms with Gasteiger partial charge >= 0.3 is 5.97 Å². The lowest BCUT2D eigenvalue weighted by molar-refractivity contribution is -0.123. The van der Waals surface area contributed by atoms with Crippen molar-refractivity contribution in [3.63, 3.8) is 0 Å². The third-order valence-corrected chi connectivity index (χ3v) is 4.41. The highest BCUT2D eigenvalue weighted by Gasteiger charge is 2.24. The number of ether oxygens (including phenoxy) is 5. The van der Waals surface area contributed by atoms with Gasteiger partial charge in [0.1, 0.15) is 13.2 Å². The lowest BCUT2D eigenvalue weighted by Gasteiger charge is -2.19. The molecule has 0 aromatic heterocycles. The second-order valence-corrected chi connectivity index (χ2v) is 6.49. The molecule has 8 nitrogen and oxygen atoms in total. The minimum absolute atomic E-state index is 0.0297. The summed E-state index contributed by atoms with van der Waals surface area (Å²) in [5, 5.41) is 2.91. The van der Waals surface area contributed by atoms with E-state index in [-0.39, 0.29) is 17.4 Å². The number of anilines is 1. The zero-order valence-electron chi connectivity index (χ0n) is 14.8. The van der Waals surface area contributed by atoms with Crippen molar-refractivity contribution in [2.45, 2.75) is 13.0 Å². The number of benzene rings is 2. The Kier molecular flexibility index (Phi) is 4.87. The quantitative estimate of drug-likeness (QED) is 0.781. The molecule has 2 heterocycles. The van der Waals surface area contributed by atoms with Gasteiger partial charge in [-0.25, -0.2) is 4.79 Å². The molecule has 1 N–H and O–H groups in total. The highest BCUT2D eigenvalue weighted by Crippen LogP contribution is 2.40. The van der Waals surface area contributed by atoms with Gasteiger partial charge < -0.3 is 29.0 Å². The first kappa shape index (κ1) is 18.2. The molecule has 0 fully saturated rings. The number of esters is 1. The number of halogens is 1. The highest BCUT2D eigenvalue weighted by molar-refractivity contribution is 6.32. The van der Waals surface area contributed by atoms with Gasteiger partial charge in [-0.3, -0.25) is 4.79 Å². The first-order valence-corrected chi connectivity index (χ1v) is 8.89. The fourth-order valence-electron chi connectivity index (χ4n) is 2.73. The molecule has 0 aliphatic carbocycles. The number of rotatable bonds is 4. The SMILES string of the molecule is CC(OC(=O)c1cc(Cl)c2c(c1)OCO2)C(=O)Nc1ccc2c(c1)OCCO2. The number of hydrogen-bond donors (Lipinski definition) is 1. The summed E-state index contributed by atoms with van der Waals surface area (Å²) in [7, 11) is 0. The van der Waals surface area contributed by atoms with E-state index in [4.69, 9.17) is 35.3 Å². The van der Waals surface area contributed by atoms with Crippen LogP contribution in [0.2, 0.25) is 5.02 Å². The number of hydrogen-bond acceptors (Lipinski definition) is 7. The standard InChI is InChI=1S/C19H16ClNO7/c1-10(18(22)21-12-2-3-14-15(8-12)25-5-4-24-14)28-19(23)11-6-13(20)17-16(7-11)26-9-27-17/h2-3,6-8,10H,4-5,9H2,1H3,(H,21,22). The number of amides is 1. The van der Waals surface area contributed by atoms with Crippen molar-refractivity contribution >= 4 is 29.2 Å². The van der Waals surface area contributed by atoms with Crippen LogP contribution in [0.1, 0.15) is 17.3 Å². The van der Waals surface area contributed by atoms with Gasteiger partial charge in [0, 0.05) is 11.8 Å². The molecule has 1 amide bonds. The summed E-state index contributed by atoms with van der Waals surface area (Å²) >= 11 is 6.07. The number of nitrogens with one attached hydrogen (secondary N) is 1. The molecule has 146 valence electrons. The molecule has 0 saturated heterocycles. The molecule has 0 radical (unpaired) electrons. The van der Waals surface area contributed by atoms with Gasteiger partial charge in [-0.05, 0) is 31.2 Å². The average Bonchev–Trinajstić information content (AvgIpc) is 3.17. The van der Waals surface area contributed by atoms with Crippen molar-refractivity contribution in [1.82, 2.24) is 0 Å². The number of carbonyl (C=O) groups excluding carboxylic acids is 2. The summed E-state index contributed by atoms with van der Waals surface area (Å²) in [6.07, 6.45) is -1.04. The van der Waals surface area contributed by atoms with Gasteiger partial charge in [0.25, 0.3) is 5.91 Å². The van der Waals surface area contributed by atoms with Crippen molar-refractivity contribution in [2.75, 3.05) is 25.3 Å². The maximum atomic E-state index is 12.4. The van der Waals surface area contributed by atoms with Crippen LogP contribution in [0.3, 0.4) is 0 Å². The normalized spacial score (nSPS) is 14.9. The van der Waals surface area contributed by atoms with Gasteiger partial charge in [0.15, 0.2) is 29.1 Å². The van der Waals surface area contributed by atoms with Crippen LogP contribution in [0.15, 0.2) is 30.3 Å². The van der Waals surface area contributed by atoms with Crippen molar-refractivity contribution < 1.29 is 33.3 Å². The molecule has 0 spiro atoms. The van der Waals surface area contributed by atoms with Gasteiger partial charge in [-0.15, -0.1) is 0 Å². The third kappa shape index (κ3) is 3.63. The van der Waals surface area contributed by atoms with Crippen LogP contribution < -0.4 is 24.3 Å². The molecule has 2 aliphatic heterocycles. The first-order valence-electron chi connectivity index (χ1n) is 8.52. The van der Waals surface area contributed by atoms with E-state index in [1.807, 2.05) is 0 Å². The van der Waals surface area contributed by atoms with Crippen molar-refractivity contribution in [3.05, 3.63) is 40.9 Å². The second-order valence-electron chi connectivity index (χ2n) is 6.09. The minimum Gasteiger partial charge on any atom is -0.486 e. The molecule has 2 aromatic rings. The molecule has 1 unspecified atom stereocenters. The van der Waals surface area contributed by atoms with Gasteiger partial charge in [0.2, 0.25) is 6.79 Å². The summed E-state index contributed by atoms with van der Waals surface area (Å²) < 4.78 is 26.6. The van der Waals surface area contributed by atoms with E-state index >= 15 is 0 Å². The number of fused-ring (bicyclic) bond motifs is 2. The van der Waals surface area contributed by atoms with Crippen LogP contribution >= 0.6 is 11.6 Å². The Bertz CT molecular complexity index is 946. The summed E-state index contributed by atoms with van der Waals surface area (Å²) in [5.41, 5.74) is 0.663. The maximum absolute atomic E-state index is 12.4. The zero-order chi connectivity index (χ0) is 19.7. The van der Waals surface area contributed by atoms with E-state index in [0.717, 1.165) is 0 Å². The maximum Gasteiger partial charge on any atom is 0.339 e. The Balaban J connectivity index is 1.40. The smallest absolute Gasteiger partial charge is 0.339 e. The van der Waals surface area contributed by atoms with Crippen LogP contribution in [0.4, 0.5) is 5.69 Å². The Hall–Kier alpha value is -3.13. The van der Waals surface area contributed by atoms with Crippen LogP contribution in [-0.2, 0) is 9.53 Å². The van der Waals surface area contributed by atoms with Crippen LogP contribution in [0, 0.1) is 0 Å². The molecule has 2 aliphatic rings. The van der Waals surface area contributed by atoms with Crippen molar-refractivity contribution in [3.8, 4) is 23.0 Å². The molecule has 1 atom stereocenters. The highest BCUT2D eigenvalue weighted by atomic mass is 35.5. The minimum atomic E-state index is -1.04. The monoisotopic (exact) mass is 405 g/mol. The molecule has 0 bridgehead atoms. The molecule has 28 heavy (non-hydrogen) atoms. The molecule has 9 heteroatoms. The lowest BCUT2D eigenvalue weighted by atomic mass is 10.2. The van der Waals surface area contributed by atoms with E-state index in [1.54, 1.807) is 18.2 Å². The van der Waals surface area contributed by atoms with Crippen LogP contribution in [0.25, 0.3) is 0 Å². The van der Waals surface area contributed by atoms with Crippen molar-refractivity contribution in [1.29, 1.82) is 0 Å². The topological polar surface area (TPSA) is 92.3 Å². The Labute approximate surface area is 165 Å². The summed E-state index contributed by atoms with van der Waals surface area (Å²) in [4.78, 5) is 24.7. The summed E-state index contributed by atoms with van der Waals surface area (Å²) in [5.74, 6) is 0.699. The van der Waals surface area contributed by atoms with E-state index in [9.17, 15) is 9.59 Å². The van der Waals surface area contributed by atoms with E-state index in [2.05, 4.69) is 5.32 Å². The predicted octanol–water partition coefficient (Wildman–Crippen LogP) is 3.02. The molecular weight excluding hydrogens is 390 g/mol. The average molecular weight is 406 g/mol. The zero-order valence-corrected chi connectivity index (χ0v) is 15.6. The Morgan fingerprint density at radius 3 is 2.64 bits per heavy atom. The van der Waals surface area contributed by atoms with E-state index < -0.39 is 18.0 Å². The lowest BCUT2D eigenvalue weighted by Crippen LogP contribution is -2.30. The summed E-state index contributed by atoms with van der Waals surface area (Å²) in [6, 6.07) is 7.90. The fourth-order valence-corrected chi connectivity index (χ4v) is 3.00. The van der Waals surface area contributed by atoms with Gasteiger partial charge in [-0.2, -0.15) is 0 Å². The third-order valence-electron chi connectivity index (χ3n) is 4.13. The van der Waals surface area contributed by atoms with Crippen LogP contribution in [-0.4, -0.2) is 38.0 Å². The van der Waals surface area contributed by atoms with E-state index in [0.29, 0.717) is 41.9 Å². The molecule has 2 aromatic carbocycles. The molecular formula is C19H16ClNO7. The summed E-state index contributed by atoms with van der Waals surface area (Å²) in [6.45, 7) is 2.42. The van der Waals surface area contributed by atoms with Crippen LogP contribution in [0.5, 0.6) is 23.0 Å². The second kappa shape index (κ2) is 7.47. The van der Waals surface area contributed by atoms with E-state index in [1.165, 1.54) is 19.1 Å². The molecule has 0 saturated carbocycles. The fraction of sp³-hybridized carbons (Fsp3) is 0.263.